The number of hydrogen-bond donors (Lipinski definition) is 1. The van der Waals surface area contributed by atoms with E-state index in [4.69, 9.17) is 4.74 Å². The van der Waals surface area contributed by atoms with Crippen molar-refractivity contribution in [2.45, 2.75) is 23.1 Å². The van der Waals surface area contributed by atoms with Crippen molar-refractivity contribution in [1.29, 1.82) is 0 Å². The number of fused-ring (bicyclic) bond motifs is 3. The fourth-order valence-electron chi connectivity index (χ4n) is 5.59. The molecule has 1 fully saturated rings. The highest BCUT2D eigenvalue weighted by Crippen LogP contribution is 2.58. The van der Waals surface area contributed by atoms with Gasteiger partial charge in [-0.2, -0.15) is 0 Å². The second-order valence-electron chi connectivity index (χ2n) is 9.32. The third-order valence-electron chi connectivity index (χ3n) is 7.45. The van der Waals surface area contributed by atoms with Crippen LogP contribution in [0.15, 0.2) is 58.4 Å². The maximum Gasteiger partial charge on any atom is 0.224 e. The number of carbonyl (C=O) groups excluding carboxylic acids is 1. The molecule has 1 spiro atoms. The molecule has 3 atom stereocenters. The molecule has 2 aliphatic heterocycles. The van der Waals surface area contributed by atoms with Gasteiger partial charge in [0.25, 0.3) is 0 Å². The number of rotatable bonds is 3. The number of benzene rings is 2. The Hall–Kier alpha value is -3.17. The summed E-state index contributed by atoms with van der Waals surface area (Å²) in [5.41, 5.74) is 0.155. The lowest BCUT2D eigenvalue weighted by Gasteiger charge is -2.43. The molecule has 1 saturated carbocycles. The summed E-state index contributed by atoms with van der Waals surface area (Å²) < 4.78 is 36.2. The zero-order valence-electron chi connectivity index (χ0n) is 18.8. The molecule has 1 aromatic heterocycles. The Balaban J connectivity index is 1.62. The van der Waals surface area contributed by atoms with Crippen molar-refractivity contribution < 1.29 is 23.4 Å². The van der Waals surface area contributed by atoms with E-state index in [9.17, 15) is 19.1 Å². The highest BCUT2D eigenvalue weighted by atomic mass is 32.2. The van der Waals surface area contributed by atoms with Crippen LogP contribution in [-0.4, -0.2) is 35.8 Å². The Bertz CT molecular complexity index is 1440. The minimum atomic E-state index is -0.914. The fourth-order valence-corrected chi connectivity index (χ4v) is 6.70. The monoisotopic (exact) mass is 496 g/mol. The predicted octanol–water partition coefficient (Wildman–Crippen LogP) is 4.01. The maximum atomic E-state index is 15.1. The van der Waals surface area contributed by atoms with E-state index in [1.165, 1.54) is 28.7 Å². The minimum absolute atomic E-state index is 0.0780. The van der Waals surface area contributed by atoms with Crippen LogP contribution in [0.3, 0.4) is 0 Å². The van der Waals surface area contributed by atoms with Crippen LogP contribution in [0.5, 0.6) is 5.75 Å². The van der Waals surface area contributed by atoms with Crippen LogP contribution >= 0.6 is 11.8 Å². The highest BCUT2D eigenvalue weighted by Gasteiger charge is 2.64. The molecule has 0 radical (unpaired) electrons. The number of thioether (sulfide) groups is 1. The van der Waals surface area contributed by atoms with Gasteiger partial charge in [0.2, 0.25) is 5.43 Å². The van der Waals surface area contributed by atoms with Gasteiger partial charge in [0, 0.05) is 42.1 Å². The maximum absolute atomic E-state index is 15.1. The average molecular weight is 497 g/mol. The minimum Gasteiger partial charge on any atom is -0.503 e. The molecular weight excluding hydrogens is 474 g/mol. The van der Waals surface area contributed by atoms with Crippen molar-refractivity contribution in [3.8, 4) is 5.75 Å². The molecule has 9 heteroatoms. The van der Waals surface area contributed by atoms with Gasteiger partial charge in [-0.1, -0.05) is 24.3 Å². The van der Waals surface area contributed by atoms with Gasteiger partial charge in [0.15, 0.2) is 28.9 Å². The largest absolute Gasteiger partial charge is 0.503 e. The topological polar surface area (TPSA) is 71.8 Å². The third-order valence-corrected chi connectivity index (χ3v) is 8.57. The van der Waals surface area contributed by atoms with Crippen LogP contribution in [-0.2, 0) is 10.5 Å². The van der Waals surface area contributed by atoms with E-state index in [1.54, 1.807) is 13.2 Å². The van der Waals surface area contributed by atoms with Gasteiger partial charge in [0.05, 0.1) is 18.1 Å². The van der Waals surface area contributed by atoms with Gasteiger partial charge >= 0.3 is 0 Å². The summed E-state index contributed by atoms with van der Waals surface area (Å²) in [6.45, 7) is 0.641. The first kappa shape index (κ1) is 22.3. The second-order valence-corrected chi connectivity index (χ2v) is 10.3. The molecule has 3 aliphatic rings. The van der Waals surface area contributed by atoms with E-state index in [0.717, 1.165) is 16.5 Å². The molecule has 6 nitrogen and oxygen atoms in total. The third kappa shape index (κ3) is 3.18. The summed E-state index contributed by atoms with van der Waals surface area (Å²) in [7, 11) is 1.57. The Kier molecular flexibility index (Phi) is 5.05. The van der Waals surface area contributed by atoms with Gasteiger partial charge in [0.1, 0.15) is 0 Å². The summed E-state index contributed by atoms with van der Waals surface area (Å²) >= 11 is 1.43. The number of ketones is 1. The van der Waals surface area contributed by atoms with Gasteiger partial charge in [-0.05, 0) is 35.6 Å². The van der Waals surface area contributed by atoms with Crippen LogP contribution in [0.4, 0.5) is 8.78 Å². The number of aromatic nitrogens is 1. The summed E-state index contributed by atoms with van der Waals surface area (Å²) in [5, 5.41) is 12.6. The van der Waals surface area contributed by atoms with Crippen molar-refractivity contribution in [2.24, 2.45) is 11.3 Å². The van der Waals surface area contributed by atoms with Crippen LogP contribution < -0.4 is 10.4 Å². The molecule has 0 amide bonds. The molecule has 3 aromatic rings. The molecule has 6 rings (SSSR count). The lowest BCUT2D eigenvalue weighted by atomic mass is 9.88. The van der Waals surface area contributed by atoms with Gasteiger partial charge in [-0.15, -0.1) is 11.8 Å². The van der Waals surface area contributed by atoms with E-state index in [0.29, 0.717) is 18.6 Å². The Morgan fingerprint density at radius 1 is 1.14 bits per heavy atom. The lowest BCUT2D eigenvalue weighted by Crippen LogP contribution is -2.52. The molecule has 3 heterocycles. The van der Waals surface area contributed by atoms with Crippen molar-refractivity contribution in [3.63, 3.8) is 0 Å². The number of aromatic hydroxyl groups is 1. The summed E-state index contributed by atoms with van der Waals surface area (Å²) in [6, 6.07) is 11.0. The van der Waals surface area contributed by atoms with Crippen LogP contribution in [0, 0.1) is 23.0 Å². The lowest BCUT2D eigenvalue weighted by molar-refractivity contribution is 0.0811. The van der Waals surface area contributed by atoms with E-state index in [1.807, 2.05) is 29.3 Å². The van der Waals surface area contributed by atoms with E-state index >= 15 is 4.39 Å². The molecule has 0 saturated heterocycles. The van der Waals surface area contributed by atoms with E-state index < -0.39 is 34.3 Å². The standard InChI is InChI=1S/C26H22F2N2O4S/c1-34-11-14-10-26(14)13-30(29-9-8-19(31)24(32)23(29)25(26)33)22-15-6-7-18(27)21(28)17(15)12-35-20-5-3-2-4-16(20)22/h2-9,14,22,32H,10-13H2,1H3. The van der Waals surface area contributed by atoms with Crippen molar-refractivity contribution in [2.75, 3.05) is 25.3 Å². The smallest absolute Gasteiger partial charge is 0.224 e. The molecule has 1 aliphatic carbocycles. The Morgan fingerprint density at radius 3 is 2.74 bits per heavy atom. The molecule has 3 unspecified atom stereocenters. The van der Waals surface area contributed by atoms with Crippen LogP contribution in [0.2, 0.25) is 0 Å². The highest BCUT2D eigenvalue weighted by molar-refractivity contribution is 7.98. The number of halogens is 2. The van der Waals surface area contributed by atoms with Crippen LogP contribution in [0.1, 0.15) is 39.6 Å². The summed E-state index contributed by atoms with van der Waals surface area (Å²) in [4.78, 5) is 26.9. The first-order valence-corrected chi connectivity index (χ1v) is 12.3. The normalized spacial score (nSPS) is 24.5. The zero-order valence-corrected chi connectivity index (χ0v) is 19.6. The molecule has 0 bridgehead atoms. The number of pyridine rings is 1. The number of ether oxygens (including phenoxy) is 1. The SMILES string of the molecule is COCC1CC12CN(C1c3ccccc3SCc3c1ccc(F)c3F)n1ccc(=O)c(O)c1C2=O. The van der Waals surface area contributed by atoms with Gasteiger partial charge < -0.3 is 9.84 Å². The number of carbonyl (C=O) groups is 1. The number of Topliss-reactive ketones (excluding diaryl/α,β-unsaturated/α-hetero) is 1. The zero-order chi connectivity index (χ0) is 24.5. The first-order valence-electron chi connectivity index (χ1n) is 11.3. The van der Waals surface area contributed by atoms with E-state index in [2.05, 4.69) is 0 Å². The predicted molar refractivity (Wildman–Crippen MR) is 126 cm³/mol. The Labute approximate surface area is 204 Å². The number of hydrogen-bond acceptors (Lipinski definition) is 6. The first-order chi connectivity index (χ1) is 16.9. The van der Waals surface area contributed by atoms with Crippen molar-refractivity contribution in [3.05, 3.63) is 92.9 Å². The summed E-state index contributed by atoms with van der Waals surface area (Å²) in [6.07, 6.45) is 2.02. The molecular formula is C26H22F2N2O4S. The van der Waals surface area contributed by atoms with Crippen LogP contribution in [0.25, 0.3) is 0 Å². The average Bonchev–Trinajstić information content (AvgIpc) is 3.57. The molecule has 180 valence electrons. The molecule has 1 N–H and O–H groups in total. The number of nitrogens with zero attached hydrogens (tertiary/aromatic N) is 2. The van der Waals surface area contributed by atoms with Gasteiger partial charge in [-0.3, -0.25) is 19.3 Å². The second kappa shape index (κ2) is 7.93. The van der Waals surface area contributed by atoms with Crippen molar-refractivity contribution in [1.82, 2.24) is 4.68 Å². The Morgan fingerprint density at radius 2 is 1.94 bits per heavy atom. The molecule has 2 aromatic carbocycles. The van der Waals surface area contributed by atoms with Crippen molar-refractivity contribution >= 4 is 17.5 Å². The fraction of sp³-hybridized carbons (Fsp3) is 0.308. The van der Waals surface area contributed by atoms with Gasteiger partial charge in [-0.25, -0.2) is 8.78 Å². The van der Waals surface area contributed by atoms with E-state index in [-0.39, 0.29) is 35.3 Å². The quantitative estimate of drug-likeness (QED) is 0.591. The summed E-state index contributed by atoms with van der Waals surface area (Å²) in [5.74, 6) is -2.53. The number of methoxy groups -OCH3 is 1. The molecule has 35 heavy (non-hydrogen) atoms.